The first kappa shape index (κ1) is 21.1. The number of carbonyl (C=O) groups is 1. The van der Waals surface area contributed by atoms with Gasteiger partial charge in [-0.25, -0.2) is 4.79 Å². The Morgan fingerprint density at radius 1 is 1.08 bits per heavy atom. The van der Waals surface area contributed by atoms with Crippen molar-refractivity contribution >= 4 is 11.7 Å². The Hall–Kier alpha value is -1.95. The van der Waals surface area contributed by atoms with Gasteiger partial charge in [0.15, 0.2) is 0 Å². The quantitative estimate of drug-likeness (QED) is 0.323. The summed E-state index contributed by atoms with van der Waals surface area (Å²) in [7, 11) is 2.08. The Bertz CT molecular complexity index is 583. The SMILES string of the molecule is CCCCCCC#Cc1cc(C(=O)OCC)ccc1N(C)CCCC. The molecule has 25 heavy (non-hydrogen) atoms. The highest BCUT2D eigenvalue weighted by Gasteiger charge is 2.12. The van der Waals surface area contributed by atoms with Crippen LogP contribution in [-0.4, -0.2) is 26.2 Å². The molecule has 0 saturated heterocycles. The van der Waals surface area contributed by atoms with Crippen LogP contribution in [0.15, 0.2) is 18.2 Å². The van der Waals surface area contributed by atoms with E-state index in [0.717, 1.165) is 43.5 Å². The summed E-state index contributed by atoms with van der Waals surface area (Å²) < 4.78 is 5.12. The minimum absolute atomic E-state index is 0.281. The van der Waals surface area contributed by atoms with E-state index in [-0.39, 0.29) is 5.97 Å². The van der Waals surface area contributed by atoms with Gasteiger partial charge in [0.1, 0.15) is 0 Å². The van der Waals surface area contributed by atoms with Crippen LogP contribution < -0.4 is 4.90 Å². The number of hydrogen-bond acceptors (Lipinski definition) is 3. The lowest BCUT2D eigenvalue weighted by atomic mass is 10.1. The van der Waals surface area contributed by atoms with Gasteiger partial charge < -0.3 is 9.64 Å². The third-order valence-corrected chi connectivity index (χ3v) is 4.14. The van der Waals surface area contributed by atoms with E-state index in [1.54, 1.807) is 0 Å². The molecule has 1 aromatic carbocycles. The van der Waals surface area contributed by atoms with Gasteiger partial charge in [-0.2, -0.15) is 0 Å². The van der Waals surface area contributed by atoms with Crippen molar-refractivity contribution in [2.24, 2.45) is 0 Å². The van der Waals surface area contributed by atoms with Crippen LogP contribution >= 0.6 is 0 Å². The van der Waals surface area contributed by atoms with E-state index in [9.17, 15) is 4.79 Å². The van der Waals surface area contributed by atoms with Gasteiger partial charge in [-0.1, -0.05) is 51.4 Å². The van der Waals surface area contributed by atoms with E-state index >= 15 is 0 Å². The lowest BCUT2D eigenvalue weighted by molar-refractivity contribution is 0.0526. The van der Waals surface area contributed by atoms with Crippen molar-refractivity contribution in [3.05, 3.63) is 29.3 Å². The molecule has 0 spiro atoms. The van der Waals surface area contributed by atoms with Crippen LogP contribution in [0.2, 0.25) is 0 Å². The third kappa shape index (κ3) is 7.65. The van der Waals surface area contributed by atoms with E-state index in [0.29, 0.717) is 12.2 Å². The Balaban J connectivity index is 2.95. The zero-order chi connectivity index (χ0) is 18.5. The number of anilines is 1. The van der Waals surface area contributed by atoms with Crippen molar-refractivity contribution in [3.8, 4) is 11.8 Å². The first-order valence-electron chi connectivity index (χ1n) is 9.65. The fourth-order valence-electron chi connectivity index (χ4n) is 2.62. The summed E-state index contributed by atoms with van der Waals surface area (Å²) in [5, 5.41) is 0. The second kappa shape index (κ2) is 12.4. The van der Waals surface area contributed by atoms with Crippen LogP contribution in [0.3, 0.4) is 0 Å². The molecule has 1 aromatic rings. The van der Waals surface area contributed by atoms with Gasteiger partial charge in [-0.05, 0) is 38.0 Å². The molecular formula is C22H33NO2. The van der Waals surface area contributed by atoms with E-state index < -0.39 is 0 Å². The van der Waals surface area contributed by atoms with E-state index in [1.807, 2.05) is 25.1 Å². The molecule has 0 N–H and O–H groups in total. The van der Waals surface area contributed by atoms with Gasteiger partial charge in [-0.15, -0.1) is 0 Å². The number of esters is 1. The molecule has 1 rings (SSSR count). The molecule has 0 aliphatic heterocycles. The van der Waals surface area contributed by atoms with Crippen molar-refractivity contribution in [1.82, 2.24) is 0 Å². The standard InChI is InChI=1S/C22H33NO2/c1-5-8-10-11-12-13-14-19-18-20(22(24)25-7-3)15-16-21(19)23(4)17-9-6-2/h15-16,18H,5-12,17H2,1-4H3. The van der Waals surface area contributed by atoms with Crippen LogP contribution in [-0.2, 0) is 4.74 Å². The lowest BCUT2D eigenvalue weighted by Gasteiger charge is -2.21. The van der Waals surface area contributed by atoms with Gasteiger partial charge >= 0.3 is 5.97 Å². The topological polar surface area (TPSA) is 29.5 Å². The zero-order valence-corrected chi connectivity index (χ0v) is 16.4. The Morgan fingerprint density at radius 2 is 1.84 bits per heavy atom. The monoisotopic (exact) mass is 343 g/mol. The second-order valence-corrected chi connectivity index (χ2v) is 6.34. The van der Waals surface area contributed by atoms with Gasteiger partial charge in [0.05, 0.1) is 17.9 Å². The predicted octanol–water partition coefficient (Wildman–Crippen LogP) is 5.42. The van der Waals surface area contributed by atoms with Crippen LogP contribution in [0, 0.1) is 11.8 Å². The summed E-state index contributed by atoms with van der Waals surface area (Å²) in [4.78, 5) is 14.2. The summed E-state index contributed by atoms with van der Waals surface area (Å²) in [6.07, 6.45) is 8.08. The average Bonchev–Trinajstić information content (AvgIpc) is 2.62. The molecule has 0 unspecified atom stereocenters. The molecule has 138 valence electrons. The zero-order valence-electron chi connectivity index (χ0n) is 16.4. The first-order chi connectivity index (χ1) is 12.1. The van der Waals surface area contributed by atoms with Crippen molar-refractivity contribution in [3.63, 3.8) is 0 Å². The largest absolute Gasteiger partial charge is 0.462 e. The van der Waals surface area contributed by atoms with Gasteiger partial charge in [0.2, 0.25) is 0 Å². The molecule has 0 amide bonds. The Morgan fingerprint density at radius 3 is 2.52 bits per heavy atom. The molecular weight excluding hydrogens is 310 g/mol. The highest BCUT2D eigenvalue weighted by atomic mass is 16.5. The molecule has 0 aromatic heterocycles. The molecule has 0 fully saturated rings. The summed E-state index contributed by atoms with van der Waals surface area (Å²) in [6.45, 7) is 7.59. The molecule has 3 nitrogen and oxygen atoms in total. The van der Waals surface area contributed by atoms with E-state index in [2.05, 4.69) is 37.6 Å². The fourth-order valence-corrected chi connectivity index (χ4v) is 2.62. The minimum Gasteiger partial charge on any atom is -0.462 e. The van der Waals surface area contributed by atoms with Crippen LogP contribution in [0.1, 0.15) is 81.6 Å². The summed E-state index contributed by atoms with van der Waals surface area (Å²) >= 11 is 0. The molecule has 0 atom stereocenters. The average molecular weight is 344 g/mol. The van der Waals surface area contributed by atoms with Crippen molar-refractivity contribution in [2.75, 3.05) is 25.1 Å². The molecule has 3 heteroatoms. The molecule has 0 aliphatic carbocycles. The first-order valence-corrected chi connectivity index (χ1v) is 9.65. The predicted molar refractivity (Wildman–Crippen MR) is 106 cm³/mol. The smallest absolute Gasteiger partial charge is 0.338 e. The van der Waals surface area contributed by atoms with Crippen molar-refractivity contribution in [2.45, 2.75) is 65.7 Å². The fraction of sp³-hybridized carbons (Fsp3) is 0.591. The third-order valence-electron chi connectivity index (χ3n) is 4.14. The highest BCUT2D eigenvalue weighted by molar-refractivity contribution is 5.90. The number of carbonyl (C=O) groups excluding carboxylic acids is 1. The molecule has 0 radical (unpaired) electrons. The van der Waals surface area contributed by atoms with Crippen LogP contribution in [0.5, 0.6) is 0 Å². The maximum absolute atomic E-state index is 12.0. The van der Waals surface area contributed by atoms with Crippen molar-refractivity contribution < 1.29 is 9.53 Å². The lowest BCUT2D eigenvalue weighted by Crippen LogP contribution is -2.19. The molecule has 0 heterocycles. The number of unbranched alkanes of at least 4 members (excludes halogenated alkanes) is 5. The minimum atomic E-state index is -0.281. The van der Waals surface area contributed by atoms with Gasteiger partial charge in [0.25, 0.3) is 0 Å². The molecule has 0 aliphatic rings. The van der Waals surface area contributed by atoms with Gasteiger partial charge in [-0.3, -0.25) is 0 Å². The van der Waals surface area contributed by atoms with Crippen molar-refractivity contribution in [1.29, 1.82) is 0 Å². The number of ether oxygens (including phenoxy) is 1. The van der Waals surface area contributed by atoms with Crippen LogP contribution in [0.4, 0.5) is 5.69 Å². The number of nitrogens with zero attached hydrogens (tertiary/aromatic N) is 1. The summed E-state index contributed by atoms with van der Waals surface area (Å²) in [5.41, 5.74) is 2.58. The van der Waals surface area contributed by atoms with Crippen LogP contribution in [0.25, 0.3) is 0 Å². The number of rotatable bonds is 10. The Labute approximate surface area is 153 Å². The number of hydrogen-bond donors (Lipinski definition) is 0. The summed E-state index contributed by atoms with van der Waals surface area (Å²) in [5.74, 6) is 6.29. The molecule has 0 saturated carbocycles. The Kier molecular flexibility index (Phi) is 10.5. The van der Waals surface area contributed by atoms with E-state index in [1.165, 1.54) is 19.3 Å². The highest BCUT2D eigenvalue weighted by Crippen LogP contribution is 2.21. The normalized spacial score (nSPS) is 10.1. The van der Waals surface area contributed by atoms with Gasteiger partial charge in [0, 0.05) is 25.6 Å². The maximum Gasteiger partial charge on any atom is 0.338 e. The molecule has 0 bridgehead atoms. The number of benzene rings is 1. The second-order valence-electron chi connectivity index (χ2n) is 6.34. The van der Waals surface area contributed by atoms with E-state index in [4.69, 9.17) is 4.74 Å². The summed E-state index contributed by atoms with van der Waals surface area (Å²) in [6, 6.07) is 5.69. The maximum atomic E-state index is 12.0.